The van der Waals surface area contributed by atoms with Crippen molar-refractivity contribution in [3.05, 3.63) is 80.6 Å². The van der Waals surface area contributed by atoms with Gasteiger partial charge in [0.05, 0.1) is 9.79 Å². The molecule has 0 spiro atoms. The van der Waals surface area contributed by atoms with E-state index in [1.165, 1.54) is 23.5 Å². The van der Waals surface area contributed by atoms with Gasteiger partial charge in [0.1, 0.15) is 6.54 Å². The van der Waals surface area contributed by atoms with Crippen LogP contribution in [0.1, 0.15) is 22.4 Å². The largest absolute Gasteiger partial charge is 0.480 e. The van der Waals surface area contributed by atoms with Crippen LogP contribution in [0.5, 0.6) is 0 Å². The van der Waals surface area contributed by atoms with Crippen LogP contribution >= 0.6 is 22.9 Å². The molecule has 0 saturated carbocycles. The zero-order chi connectivity index (χ0) is 22.3. The molecule has 0 unspecified atom stereocenters. The van der Waals surface area contributed by atoms with E-state index < -0.39 is 15.8 Å². The summed E-state index contributed by atoms with van der Waals surface area (Å²) in [4.78, 5) is 11.9. The molecule has 4 aromatic rings. The summed E-state index contributed by atoms with van der Waals surface area (Å²) < 4.78 is 28.3. The maximum absolute atomic E-state index is 13.3. The zero-order valence-corrected chi connectivity index (χ0v) is 19.3. The molecule has 0 atom stereocenters. The third kappa shape index (κ3) is 4.01. The van der Waals surface area contributed by atoms with Gasteiger partial charge in [0.2, 0.25) is 9.84 Å². The smallest absolute Gasteiger partial charge is 0.323 e. The van der Waals surface area contributed by atoms with Crippen molar-refractivity contribution in [2.75, 3.05) is 0 Å². The topological polar surface area (TPSA) is 76.4 Å². The lowest BCUT2D eigenvalue weighted by molar-refractivity contribution is -0.137. The first-order valence-corrected chi connectivity index (χ1v) is 12.3. The number of hydrogen-bond donors (Lipinski definition) is 1. The molecule has 8 heteroatoms. The average molecular weight is 474 g/mol. The Morgan fingerprint density at radius 1 is 1.10 bits per heavy atom. The highest BCUT2D eigenvalue weighted by molar-refractivity contribution is 7.91. The molecule has 2 heterocycles. The number of aliphatic carboxylic acids is 1. The van der Waals surface area contributed by atoms with Gasteiger partial charge in [-0.15, -0.1) is 0 Å². The molecule has 0 saturated heterocycles. The van der Waals surface area contributed by atoms with E-state index in [9.17, 15) is 18.3 Å². The molecule has 1 N–H and O–H groups in total. The third-order valence-electron chi connectivity index (χ3n) is 5.39. The summed E-state index contributed by atoms with van der Waals surface area (Å²) in [6.45, 7) is 3.71. The monoisotopic (exact) mass is 473 g/mol. The van der Waals surface area contributed by atoms with E-state index in [4.69, 9.17) is 11.6 Å². The Morgan fingerprint density at radius 3 is 2.48 bits per heavy atom. The van der Waals surface area contributed by atoms with Gasteiger partial charge in [-0.05, 0) is 66.8 Å². The van der Waals surface area contributed by atoms with E-state index in [0.717, 1.165) is 27.7 Å². The second-order valence-corrected chi connectivity index (χ2v) is 10.6. The molecular formula is C23H20ClNO4S2. The minimum atomic E-state index is -3.70. The van der Waals surface area contributed by atoms with Gasteiger partial charge >= 0.3 is 5.97 Å². The van der Waals surface area contributed by atoms with Gasteiger partial charge in [0.15, 0.2) is 0 Å². The minimum absolute atomic E-state index is 0.148. The van der Waals surface area contributed by atoms with Gasteiger partial charge in [-0.25, -0.2) is 8.42 Å². The van der Waals surface area contributed by atoms with Crippen molar-refractivity contribution >= 4 is 49.6 Å². The Labute approximate surface area is 189 Å². The quantitative estimate of drug-likeness (QED) is 0.402. The van der Waals surface area contributed by atoms with Crippen molar-refractivity contribution in [1.29, 1.82) is 0 Å². The van der Waals surface area contributed by atoms with Crippen LogP contribution in [0.15, 0.2) is 63.0 Å². The van der Waals surface area contributed by atoms with E-state index in [1.54, 1.807) is 22.1 Å². The van der Waals surface area contributed by atoms with Crippen molar-refractivity contribution in [3.63, 3.8) is 0 Å². The lowest BCUT2D eigenvalue weighted by Gasteiger charge is -2.08. The molecule has 160 valence electrons. The number of thiophene rings is 1. The number of carbonyl (C=O) groups is 1. The Kier molecular flexibility index (Phi) is 5.68. The normalized spacial score (nSPS) is 11.8. The van der Waals surface area contributed by atoms with Crippen LogP contribution in [0.25, 0.3) is 10.9 Å². The summed E-state index contributed by atoms with van der Waals surface area (Å²) >= 11 is 7.25. The lowest BCUT2D eigenvalue weighted by atomic mass is 10.0. The van der Waals surface area contributed by atoms with Crippen molar-refractivity contribution in [2.45, 2.75) is 36.6 Å². The van der Waals surface area contributed by atoms with Gasteiger partial charge in [-0.3, -0.25) is 4.79 Å². The summed E-state index contributed by atoms with van der Waals surface area (Å²) in [5.41, 5.74) is 4.34. The molecule has 0 aliphatic carbocycles. The molecule has 0 fully saturated rings. The summed E-state index contributed by atoms with van der Waals surface area (Å²) in [5, 5.41) is 14.3. The highest BCUT2D eigenvalue weighted by Gasteiger charge is 2.24. The number of halogens is 1. The SMILES string of the molecule is Cc1ccc2c(c1)c(Cc1cscc1S(=O)(=O)c1ccc(Cl)cc1)c(C)n2CC(=O)O. The van der Waals surface area contributed by atoms with Crippen molar-refractivity contribution in [1.82, 2.24) is 4.57 Å². The highest BCUT2D eigenvalue weighted by atomic mass is 35.5. The average Bonchev–Trinajstić information content (AvgIpc) is 3.27. The first-order chi connectivity index (χ1) is 14.7. The molecule has 0 aliphatic heterocycles. The van der Waals surface area contributed by atoms with Gasteiger partial charge in [0.25, 0.3) is 0 Å². The Bertz CT molecular complexity index is 1400. The fourth-order valence-electron chi connectivity index (χ4n) is 3.84. The first-order valence-electron chi connectivity index (χ1n) is 9.54. The third-order valence-corrected chi connectivity index (χ3v) is 8.43. The van der Waals surface area contributed by atoms with Gasteiger partial charge in [0, 0.05) is 33.4 Å². The predicted molar refractivity (Wildman–Crippen MR) is 123 cm³/mol. The molecule has 0 radical (unpaired) electrons. The fraction of sp³-hybridized carbons (Fsp3) is 0.174. The zero-order valence-electron chi connectivity index (χ0n) is 16.9. The van der Waals surface area contributed by atoms with Crippen LogP contribution in [0, 0.1) is 13.8 Å². The Morgan fingerprint density at radius 2 is 1.81 bits per heavy atom. The van der Waals surface area contributed by atoms with Crippen LogP contribution in [0.2, 0.25) is 5.02 Å². The van der Waals surface area contributed by atoms with Gasteiger partial charge in [-0.1, -0.05) is 23.2 Å². The number of fused-ring (bicyclic) bond motifs is 1. The first kappa shape index (κ1) is 21.6. The number of carboxylic acids is 1. The van der Waals surface area contributed by atoms with Crippen LogP contribution in [-0.4, -0.2) is 24.1 Å². The molecule has 2 aromatic carbocycles. The van der Waals surface area contributed by atoms with E-state index in [1.807, 2.05) is 37.4 Å². The summed E-state index contributed by atoms with van der Waals surface area (Å²) in [6.07, 6.45) is 0.393. The number of aromatic nitrogens is 1. The Balaban J connectivity index is 1.83. The summed E-state index contributed by atoms with van der Waals surface area (Å²) in [7, 11) is -3.70. The Hall–Kier alpha value is -2.61. The second kappa shape index (κ2) is 8.15. The number of rotatable bonds is 6. The molecule has 0 aliphatic rings. The predicted octanol–water partition coefficient (Wildman–Crippen LogP) is 5.48. The molecule has 2 aromatic heterocycles. The van der Waals surface area contributed by atoms with Gasteiger partial charge < -0.3 is 9.67 Å². The maximum Gasteiger partial charge on any atom is 0.323 e. The van der Waals surface area contributed by atoms with E-state index in [-0.39, 0.29) is 16.3 Å². The summed E-state index contributed by atoms with van der Waals surface area (Å²) in [5.74, 6) is -0.923. The van der Waals surface area contributed by atoms with E-state index >= 15 is 0 Å². The fourth-order valence-corrected chi connectivity index (χ4v) is 6.65. The molecular weight excluding hydrogens is 454 g/mol. The van der Waals surface area contributed by atoms with E-state index in [0.29, 0.717) is 17.0 Å². The molecule has 0 bridgehead atoms. The number of benzene rings is 2. The number of carboxylic acid groups (broad SMARTS) is 1. The van der Waals surface area contributed by atoms with Gasteiger partial charge in [-0.2, -0.15) is 11.3 Å². The van der Waals surface area contributed by atoms with Crippen LogP contribution in [-0.2, 0) is 27.6 Å². The van der Waals surface area contributed by atoms with Crippen LogP contribution in [0.3, 0.4) is 0 Å². The molecule has 4 rings (SSSR count). The van der Waals surface area contributed by atoms with Crippen molar-refractivity contribution in [2.24, 2.45) is 0 Å². The second-order valence-electron chi connectivity index (χ2n) is 7.46. The molecule has 5 nitrogen and oxygen atoms in total. The number of aryl methyl sites for hydroxylation is 1. The highest BCUT2D eigenvalue weighted by Crippen LogP contribution is 2.34. The molecule has 31 heavy (non-hydrogen) atoms. The van der Waals surface area contributed by atoms with E-state index in [2.05, 4.69) is 0 Å². The number of sulfone groups is 1. The van der Waals surface area contributed by atoms with Crippen molar-refractivity contribution < 1.29 is 18.3 Å². The van der Waals surface area contributed by atoms with Crippen molar-refractivity contribution in [3.8, 4) is 0 Å². The maximum atomic E-state index is 13.3. The molecule has 0 amide bonds. The number of hydrogen-bond acceptors (Lipinski definition) is 4. The standard InChI is InChI=1S/C23H20ClNO4S2/c1-14-3-8-21-20(9-14)19(15(2)25(21)11-23(26)27)10-16-12-30-13-22(16)31(28,29)18-6-4-17(24)5-7-18/h3-9,12-13H,10-11H2,1-2H3,(H,26,27). The minimum Gasteiger partial charge on any atom is -0.480 e. The van der Waals surface area contributed by atoms with Crippen LogP contribution in [0.4, 0.5) is 0 Å². The van der Waals surface area contributed by atoms with Crippen LogP contribution < -0.4 is 0 Å². The summed E-state index contributed by atoms with van der Waals surface area (Å²) in [6, 6.07) is 12.0. The number of nitrogens with zero attached hydrogens (tertiary/aromatic N) is 1. The lowest BCUT2D eigenvalue weighted by Crippen LogP contribution is -2.10.